The van der Waals surface area contributed by atoms with Crippen LogP contribution in [0.4, 0.5) is 0 Å². The van der Waals surface area contributed by atoms with Crippen LogP contribution in [0.15, 0.2) is 6.07 Å². The molecule has 4 nitrogen and oxygen atoms in total. The van der Waals surface area contributed by atoms with Gasteiger partial charge < -0.3 is 20.3 Å². The zero-order valence-electron chi connectivity index (χ0n) is 12.9. The standard InChI is InChI=1S/C15H25NO3.ClH/c1-9(2)16-7-13(17)8-19-15-10(3)6-14(18)11(4)12(15)5;/h6,9,13,16-18H,7-8H2,1-5H3;1H. The maximum Gasteiger partial charge on any atom is 0.125 e. The molecule has 0 fully saturated rings. The van der Waals surface area contributed by atoms with Crippen molar-refractivity contribution in [1.82, 2.24) is 5.32 Å². The van der Waals surface area contributed by atoms with Gasteiger partial charge in [0.15, 0.2) is 0 Å². The Bertz CT molecular complexity index is 436. The second kappa shape index (κ2) is 8.35. The van der Waals surface area contributed by atoms with E-state index in [2.05, 4.69) is 5.32 Å². The number of nitrogens with one attached hydrogen (secondary N) is 1. The number of phenols is 1. The number of benzene rings is 1. The largest absolute Gasteiger partial charge is 0.508 e. The molecule has 5 heteroatoms. The van der Waals surface area contributed by atoms with Crippen molar-refractivity contribution in [2.75, 3.05) is 13.2 Å². The number of aromatic hydroxyl groups is 1. The SMILES string of the molecule is Cc1cc(O)c(C)c(C)c1OCC(O)CNC(C)C.Cl. The van der Waals surface area contributed by atoms with Crippen LogP contribution in [0.5, 0.6) is 11.5 Å². The summed E-state index contributed by atoms with van der Waals surface area (Å²) in [4.78, 5) is 0. The molecule has 1 rings (SSSR count). The molecule has 0 radical (unpaired) electrons. The quantitative estimate of drug-likeness (QED) is 0.755. The Morgan fingerprint density at radius 3 is 2.35 bits per heavy atom. The minimum atomic E-state index is -0.546. The number of aliphatic hydroxyl groups is 1. The van der Waals surface area contributed by atoms with E-state index in [1.54, 1.807) is 6.07 Å². The third-order valence-electron chi connectivity index (χ3n) is 3.18. The summed E-state index contributed by atoms with van der Waals surface area (Å²) >= 11 is 0. The molecule has 0 amide bonds. The van der Waals surface area contributed by atoms with Crippen LogP contribution in [0.3, 0.4) is 0 Å². The highest BCUT2D eigenvalue weighted by Gasteiger charge is 2.13. The number of hydrogen-bond donors (Lipinski definition) is 3. The van der Waals surface area contributed by atoms with Gasteiger partial charge in [0, 0.05) is 12.6 Å². The molecule has 0 spiro atoms. The summed E-state index contributed by atoms with van der Waals surface area (Å²) in [6, 6.07) is 2.03. The van der Waals surface area contributed by atoms with Crippen molar-refractivity contribution >= 4 is 12.4 Å². The topological polar surface area (TPSA) is 61.7 Å². The first-order valence-electron chi connectivity index (χ1n) is 6.67. The highest BCUT2D eigenvalue weighted by molar-refractivity contribution is 5.85. The van der Waals surface area contributed by atoms with Crippen molar-refractivity contribution in [3.05, 3.63) is 22.8 Å². The Morgan fingerprint density at radius 1 is 1.20 bits per heavy atom. The molecule has 116 valence electrons. The van der Waals surface area contributed by atoms with E-state index in [4.69, 9.17) is 4.74 Å². The Morgan fingerprint density at radius 2 is 1.80 bits per heavy atom. The third kappa shape index (κ3) is 5.19. The molecule has 0 saturated carbocycles. The molecule has 0 heterocycles. The lowest BCUT2D eigenvalue weighted by Gasteiger charge is -2.18. The summed E-state index contributed by atoms with van der Waals surface area (Å²) in [6.45, 7) is 10.5. The van der Waals surface area contributed by atoms with Crippen LogP contribution in [-0.2, 0) is 0 Å². The molecular weight excluding hydrogens is 278 g/mol. The van der Waals surface area contributed by atoms with Gasteiger partial charge in [0.05, 0.1) is 0 Å². The maximum absolute atomic E-state index is 9.83. The van der Waals surface area contributed by atoms with Gasteiger partial charge in [0.1, 0.15) is 24.2 Å². The number of ether oxygens (including phenoxy) is 1. The van der Waals surface area contributed by atoms with E-state index < -0.39 is 6.10 Å². The van der Waals surface area contributed by atoms with Gasteiger partial charge in [-0.2, -0.15) is 0 Å². The summed E-state index contributed by atoms with van der Waals surface area (Å²) in [5.74, 6) is 1.03. The van der Waals surface area contributed by atoms with Gasteiger partial charge in [-0.15, -0.1) is 12.4 Å². The van der Waals surface area contributed by atoms with E-state index >= 15 is 0 Å². The molecule has 3 N–H and O–H groups in total. The van der Waals surface area contributed by atoms with Crippen molar-refractivity contribution in [3.8, 4) is 11.5 Å². The van der Waals surface area contributed by atoms with Crippen LogP contribution in [0.1, 0.15) is 30.5 Å². The summed E-state index contributed by atoms with van der Waals surface area (Å²) in [7, 11) is 0. The first kappa shape index (κ1) is 19.0. The second-order valence-corrected chi connectivity index (χ2v) is 5.32. The van der Waals surface area contributed by atoms with Crippen molar-refractivity contribution < 1.29 is 14.9 Å². The minimum Gasteiger partial charge on any atom is -0.508 e. The van der Waals surface area contributed by atoms with Crippen LogP contribution in [0.25, 0.3) is 0 Å². The number of phenolic OH excluding ortho intramolecular Hbond substituents is 1. The van der Waals surface area contributed by atoms with E-state index in [0.717, 1.165) is 22.4 Å². The summed E-state index contributed by atoms with van der Waals surface area (Å²) in [5.41, 5.74) is 2.61. The van der Waals surface area contributed by atoms with Crippen LogP contribution in [0.2, 0.25) is 0 Å². The molecule has 0 bridgehead atoms. The van der Waals surface area contributed by atoms with Gasteiger partial charge in [0.2, 0.25) is 0 Å². The monoisotopic (exact) mass is 303 g/mol. The lowest BCUT2D eigenvalue weighted by atomic mass is 10.0. The van der Waals surface area contributed by atoms with E-state index in [1.807, 2.05) is 34.6 Å². The van der Waals surface area contributed by atoms with E-state index in [0.29, 0.717) is 12.6 Å². The number of aliphatic hydroxyl groups excluding tert-OH is 1. The van der Waals surface area contributed by atoms with Gasteiger partial charge in [-0.25, -0.2) is 0 Å². The highest BCUT2D eigenvalue weighted by atomic mass is 35.5. The Balaban J connectivity index is 0.00000361. The first-order chi connectivity index (χ1) is 8.82. The molecular formula is C15H26ClNO3. The van der Waals surface area contributed by atoms with Crippen molar-refractivity contribution in [2.24, 2.45) is 0 Å². The smallest absolute Gasteiger partial charge is 0.125 e. The highest BCUT2D eigenvalue weighted by Crippen LogP contribution is 2.32. The van der Waals surface area contributed by atoms with Crippen LogP contribution < -0.4 is 10.1 Å². The Kier molecular flexibility index (Phi) is 7.94. The molecule has 20 heavy (non-hydrogen) atoms. The van der Waals surface area contributed by atoms with Crippen molar-refractivity contribution in [3.63, 3.8) is 0 Å². The molecule has 0 aliphatic heterocycles. The van der Waals surface area contributed by atoms with Crippen molar-refractivity contribution in [1.29, 1.82) is 0 Å². The summed E-state index contributed by atoms with van der Waals surface area (Å²) < 4.78 is 5.70. The Hall–Kier alpha value is -0.970. The molecule has 0 aliphatic carbocycles. The molecule has 0 aliphatic rings. The lowest BCUT2D eigenvalue weighted by molar-refractivity contribution is 0.104. The maximum atomic E-state index is 9.83. The Labute approximate surface area is 127 Å². The summed E-state index contributed by atoms with van der Waals surface area (Å²) in [6.07, 6.45) is -0.546. The van der Waals surface area contributed by atoms with Crippen molar-refractivity contribution in [2.45, 2.75) is 46.8 Å². The second-order valence-electron chi connectivity index (χ2n) is 5.32. The average molecular weight is 304 g/mol. The average Bonchev–Trinajstić information content (AvgIpc) is 2.33. The van der Waals surface area contributed by atoms with Crippen LogP contribution >= 0.6 is 12.4 Å². The molecule has 0 aromatic heterocycles. The van der Waals surface area contributed by atoms with Gasteiger partial charge in [-0.05, 0) is 43.5 Å². The molecule has 1 unspecified atom stereocenters. The summed E-state index contributed by atoms with van der Waals surface area (Å²) in [5, 5.41) is 22.7. The van der Waals surface area contributed by atoms with Crippen LogP contribution in [0, 0.1) is 20.8 Å². The number of aryl methyl sites for hydroxylation is 1. The van der Waals surface area contributed by atoms with Gasteiger partial charge in [-0.3, -0.25) is 0 Å². The fourth-order valence-electron chi connectivity index (χ4n) is 1.87. The minimum absolute atomic E-state index is 0. The van der Waals surface area contributed by atoms with E-state index in [1.165, 1.54) is 0 Å². The number of hydrogen-bond acceptors (Lipinski definition) is 4. The normalized spacial score (nSPS) is 12.2. The third-order valence-corrected chi connectivity index (χ3v) is 3.18. The molecule has 1 aromatic carbocycles. The van der Waals surface area contributed by atoms with Gasteiger partial charge >= 0.3 is 0 Å². The molecule has 1 aromatic rings. The van der Waals surface area contributed by atoms with Crippen LogP contribution in [-0.4, -0.2) is 35.5 Å². The van der Waals surface area contributed by atoms with E-state index in [9.17, 15) is 10.2 Å². The fourth-order valence-corrected chi connectivity index (χ4v) is 1.87. The lowest BCUT2D eigenvalue weighted by Crippen LogP contribution is -2.35. The fraction of sp³-hybridized carbons (Fsp3) is 0.600. The van der Waals surface area contributed by atoms with Gasteiger partial charge in [0.25, 0.3) is 0 Å². The zero-order chi connectivity index (χ0) is 14.6. The van der Waals surface area contributed by atoms with Gasteiger partial charge in [-0.1, -0.05) is 13.8 Å². The zero-order valence-corrected chi connectivity index (χ0v) is 13.7. The number of halogens is 1. The predicted molar refractivity (Wildman–Crippen MR) is 84.2 cm³/mol. The molecule has 1 atom stereocenters. The number of rotatable bonds is 6. The predicted octanol–water partition coefficient (Wildman–Crippen LogP) is 2.48. The molecule has 0 saturated heterocycles. The first-order valence-corrected chi connectivity index (χ1v) is 6.67. The van der Waals surface area contributed by atoms with E-state index in [-0.39, 0.29) is 24.8 Å².